The summed E-state index contributed by atoms with van der Waals surface area (Å²) in [6, 6.07) is 7.87. The molecule has 7 rings (SSSR count). The maximum absolute atomic E-state index is 10.7. The number of benzene rings is 1. The molecule has 0 radical (unpaired) electrons. The molecular formula is C45H63N9O4S. The predicted octanol–water partition coefficient (Wildman–Crippen LogP) is 8.13. The second-order valence-electron chi connectivity index (χ2n) is 18.5. The van der Waals surface area contributed by atoms with E-state index in [2.05, 4.69) is 59.9 Å². The Labute approximate surface area is 352 Å². The minimum Gasteiger partial charge on any atom is -0.480 e. The Morgan fingerprint density at radius 1 is 1.10 bits per heavy atom. The van der Waals surface area contributed by atoms with Crippen molar-refractivity contribution in [3.63, 3.8) is 0 Å². The first-order chi connectivity index (χ1) is 28.1. The number of aliphatic hydroxyl groups excluding tert-OH is 2. The molecular weight excluding hydrogens is 763 g/mol. The molecule has 2 unspecified atom stereocenters. The quantitative estimate of drug-likeness (QED) is 0.0362. The molecule has 0 amide bonds. The van der Waals surface area contributed by atoms with Gasteiger partial charge in [0.2, 0.25) is 5.13 Å². The van der Waals surface area contributed by atoms with Crippen LogP contribution in [-0.2, 0) is 11.3 Å². The van der Waals surface area contributed by atoms with Crippen molar-refractivity contribution in [2.45, 2.75) is 111 Å². The number of nitrogens with zero attached hydrogens (tertiary/aromatic N) is 5. The van der Waals surface area contributed by atoms with Gasteiger partial charge in [-0.25, -0.2) is 9.98 Å². The first-order valence-corrected chi connectivity index (χ1v) is 22.0. The summed E-state index contributed by atoms with van der Waals surface area (Å²) in [6.45, 7) is 17.1. The second kappa shape index (κ2) is 16.9. The molecule has 2 aliphatic carbocycles. The van der Waals surface area contributed by atoms with Crippen LogP contribution in [0.25, 0.3) is 15.8 Å². The van der Waals surface area contributed by atoms with Gasteiger partial charge in [-0.15, -0.1) is 0 Å². The largest absolute Gasteiger partial charge is 0.480 e. The molecule has 3 aromatic rings. The van der Waals surface area contributed by atoms with E-state index in [1.54, 1.807) is 0 Å². The van der Waals surface area contributed by atoms with Crippen molar-refractivity contribution in [1.82, 2.24) is 30.3 Å². The fourth-order valence-electron chi connectivity index (χ4n) is 10.9. The van der Waals surface area contributed by atoms with Crippen LogP contribution in [0.3, 0.4) is 0 Å². The standard InChI is InChI=1S/C45H63N9O4S/c1-7-43(6)25-44(23-42(4,5)24-45(26-43,27-44)58-21-18-48-17-11-20-55)28-54-30(3)33(22-49-54)32-15-16-36(51-37(32)40(56)57)53-19-10-12-31(39(53)47)29(2)38(46)52-41-50-34-13-8-9-14-35(34)59-41/h8-9,13-16,22,47-48,51,55-57H,7,10-12,17-21,23-28H2,1-6H3,(H2,46,50,52)/b31-29-,47-39?/t43-,44?,45?/m0/s1. The molecule has 2 bridgehead atoms. The van der Waals surface area contributed by atoms with Crippen molar-refractivity contribution in [1.29, 1.82) is 5.41 Å². The number of aliphatic imine (C=N–C) groups is 1. The Hall–Kier alpha value is -4.50. The molecule has 3 fully saturated rings. The van der Waals surface area contributed by atoms with E-state index in [4.69, 9.17) is 15.6 Å². The highest BCUT2D eigenvalue weighted by Crippen LogP contribution is 2.64. The number of aromatic nitrogens is 3. The smallest absolute Gasteiger partial charge is 0.299 e. The number of aliphatic hydroxyl groups is 3. The summed E-state index contributed by atoms with van der Waals surface area (Å²) in [5, 5.41) is 52.1. The van der Waals surface area contributed by atoms with Crippen LogP contribution < -0.4 is 16.4 Å². The molecule has 2 saturated carbocycles. The molecule has 1 saturated heterocycles. The number of nitrogens with one attached hydrogen (secondary N) is 3. The molecule has 59 heavy (non-hydrogen) atoms. The highest BCUT2D eigenvalue weighted by Gasteiger charge is 2.59. The van der Waals surface area contributed by atoms with Crippen LogP contribution in [-0.4, -0.2) is 85.1 Å². The van der Waals surface area contributed by atoms with Crippen molar-refractivity contribution in [2.24, 2.45) is 27.0 Å². The topological polar surface area (TPSA) is 190 Å². The van der Waals surface area contributed by atoms with Gasteiger partial charge in [-0.3, -0.25) is 10.1 Å². The molecule has 2 aliphatic heterocycles. The van der Waals surface area contributed by atoms with Crippen LogP contribution in [0, 0.1) is 28.6 Å². The number of nitrogens with two attached hydrogens (primary N) is 1. The van der Waals surface area contributed by atoms with E-state index in [0.717, 1.165) is 104 Å². The van der Waals surface area contributed by atoms with Crippen molar-refractivity contribution in [3.8, 4) is 0 Å². The lowest BCUT2D eigenvalue weighted by atomic mass is 9.47. The maximum Gasteiger partial charge on any atom is 0.299 e. The fraction of sp³-hybridized carbons (Fsp3) is 0.556. The zero-order valence-corrected chi connectivity index (χ0v) is 36.4. The van der Waals surface area contributed by atoms with E-state index in [1.807, 2.05) is 54.4 Å². The summed E-state index contributed by atoms with van der Waals surface area (Å²) in [4.78, 5) is 11.1. The number of hydrogen-bond acceptors (Lipinski definition) is 11. The van der Waals surface area contributed by atoms with E-state index in [1.165, 1.54) is 11.3 Å². The third kappa shape index (κ3) is 9.01. The van der Waals surface area contributed by atoms with Gasteiger partial charge in [0.05, 0.1) is 28.6 Å². The average molecular weight is 826 g/mol. The number of thiazole rings is 1. The Kier molecular flexibility index (Phi) is 12.2. The molecule has 13 nitrogen and oxygen atoms in total. The van der Waals surface area contributed by atoms with Gasteiger partial charge in [-0.2, -0.15) is 5.10 Å². The van der Waals surface area contributed by atoms with Gasteiger partial charge in [0.25, 0.3) is 5.95 Å². The molecule has 4 aliphatic rings. The Morgan fingerprint density at radius 2 is 1.90 bits per heavy atom. The molecule has 1 aromatic carbocycles. The highest BCUT2D eigenvalue weighted by molar-refractivity contribution is 7.22. The van der Waals surface area contributed by atoms with Gasteiger partial charge in [0, 0.05) is 48.6 Å². The third-order valence-electron chi connectivity index (χ3n) is 13.0. The number of allylic oxidation sites excluding steroid dienone is 3. The van der Waals surface area contributed by atoms with E-state index >= 15 is 0 Å². The molecule has 2 aromatic heterocycles. The average Bonchev–Trinajstić information content (AvgIpc) is 3.76. The number of likely N-dealkylation sites (tertiary alicyclic amines) is 1. The van der Waals surface area contributed by atoms with E-state index in [9.17, 15) is 20.7 Å². The molecule has 3 atom stereocenters. The second-order valence-corrected chi connectivity index (χ2v) is 19.5. The summed E-state index contributed by atoms with van der Waals surface area (Å²) < 4.78 is 10.1. The van der Waals surface area contributed by atoms with Crippen LogP contribution in [0.1, 0.15) is 104 Å². The first kappa shape index (κ1) is 42.6. The van der Waals surface area contributed by atoms with Crippen molar-refractivity contribution < 1.29 is 20.1 Å². The van der Waals surface area contributed by atoms with Crippen molar-refractivity contribution >= 4 is 43.9 Å². The SMILES string of the molecule is CC[C@@]1(C)CC2(Cn3ncc(C4=CC=C(N5CCC/C(=C(C)/C(N)=N\c6nc7ccccc7s6)C5=N)NC4=C(O)O)c3C)CC(C)(C)CC(OCCNCCCO)(C2)C1. The number of amidine groups is 2. The molecule has 0 spiro atoms. The molecule has 318 valence electrons. The minimum absolute atomic E-state index is 0.0341. The number of piperidine rings is 1. The van der Waals surface area contributed by atoms with Crippen LogP contribution in [0.2, 0.25) is 0 Å². The Balaban J connectivity index is 1.13. The van der Waals surface area contributed by atoms with Gasteiger partial charge in [0.15, 0.2) is 0 Å². The van der Waals surface area contributed by atoms with E-state index < -0.39 is 5.95 Å². The van der Waals surface area contributed by atoms with Gasteiger partial charge in [-0.1, -0.05) is 57.6 Å². The number of rotatable bonds is 14. The third-order valence-corrected chi connectivity index (χ3v) is 13.9. The first-order valence-electron chi connectivity index (χ1n) is 21.1. The van der Waals surface area contributed by atoms with Gasteiger partial charge < -0.3 is 41.3 Å². The minimum atomic E-state index is -0.830. The lowest BCUT2D eigenvalue weighted by molar-refractivity contribution is -0.199. The van der Waals surface area contributed by atoms with E-state index in [0.29, 0.717) is 41.9 Å². The van der Waals surface area contributed by atoms with Crippen molar-refractivity contribution in [3.05, 3.63) is 82.5 Å². The van der Waals surface area contributed by atoms with Gasteiger partial charge in [0.1, 0.15) is 23.2 Å². The molecule has 14 heteroatoms. The summed E-state index contributed by atoms with van der Waals surface area (Å²) in [5.74, 6) is 0.342. The summed E-state index contributed by atoms with van der Waals surface area (Å²) in [6.07, 6.45) is 14.1. The lowest BCUT2D eigenvalue weighted by Gasteiger charge is -2.62. The Bertz CT molecular complexity index is 2200. The van der Waals surface area contributed by atoms with Crippen molar-refractivity contribution in [2.75, 3.05) is 32.8 Å². The number of fused-ring (bicyclic) bond motifs is 3. The highest BCUT2D eigenvalue weighted by atomic mass is 32.1. The fourth-order valence-corrected chi connectivity index (χ4v) is 11.7. The normalized spacial score (nSPS) is 26.8. The lowest BCUT2D eigenvalue weighted by Crippen LogP contribution is -2.58. The number of dihydropyridines is 1. The summed E-state index contributed by atoms with van der Waals surface area (Å²) in [5.41, 5.74) is 11.4. The predicted molar refractivity (Wildman–Crippen MR) is 237 cm³/mol. The molecule has 8 N–H and O–H groups in total. The van der Waals surface area contributed by atoms with Crippen LogP contribution in [0.15, 0.2) is 76.2 Å². The zero-order valence-electron chi connectivity index (χ0n) is 35.6. The zero-order chi connectivity index (χ0) is 42.2. The van der Waals surface area contributed by atoms with Crippen LogP contribution in [0.4, 0.5) is 5.13 Å². The van der Waals surface area contributed by atoms with Crippen LogP contribution in [0.5, 0.6) is 0 Å². The summed E-state index contributed by atoms with van der Waals surface area (Å²) in [7, 11) is 0. The number of hydrogen-bond donors (Lipinski definition) is 7. The van der Waals surface area contributed by atoms with E-state index in [-0.39, 0.29) is 40.0 Å². The van der Waals surface area contributed by atoms with Crippen LogP contribution >= 0.6 is 11.3 Å². The summed E-state index contributed by atoms with van der Waals surface area (Å²) >= 11 is 1.47. The monoisotopic (exact) mass is 825 g/mol. The Morgan fingerprint density at radius 3 is 2.64 bits per heavy atom. The van der Waals surface area contributed by atoms with Gasteiger partial charge in [-0.05, 0) is 118 Å². The number of ether oxygens (including phenoxy) is 1. The number of para-hydroxylation sites is 1. The maximum atomic E-state index is 10.7. The van der Waals surface area contributed by atoms with Gasteiger partial charge >= 0.3 is 0 Å². The molecule has 4 heterocycles.